The molecule has 0 fully saturated rings. The Morgan fingerprint density at radius 1 is 1.00 bits per heavy atom. The molecule has 0 aliphatic rings. The molecule has 0 radical (unpaired) electrons. The van der Waals surface area contributed by atoms with E-state index in [1.165, 1.54) is 0 Å². The number of fused-ring (bicyclic) bond motifs is 1. The Balaban J connectivity index is 1.51. The van der Waals surface area contributed by atoms with E-state index in [4.69, 9.17) is 0 Å². The van der Waals surface area contributed by atoms with Crippen molar-refractivity contribution >= 4 is 22.6 Å². The van der Waals surface area contributed by atoms with E-state index in [0.29, 0.717) is 12.1 Å². The Morgan fingerprint density at radius 2 is 1.81 bits per heavy atom. The predicted octanol–water partition coefficient (Wildman–Crippen LogP) is 3.72. The third-order valence-corrected chi connectivity index (χ3v) is 5.07. The maximum atomic E-state index is 12.2. The fourth-order valence-electron chi connectivity index (χ4n) is 3.69. The summed E-state index contributed by atoms with van der Waals surface area (Å²) in [6, 6.07) is 13.7. The fraction of sp³-hybridized carbons (Fsp3) is 0.208. The summed E-state index contributed by atoms with van der Waals surface area (Å²) in [6.07, 6.45) is 3.99. The number of anilines is 1. The van der Waals surface area contributed by atoms with E-state index in [1.807, 2.05) is 50.2 Å². The quantitative estimate of drug-likeness (QED) is 0.501. The maximum Gasteiger partial charge on any atom is 0.251 e. The fourth-order valence-corrected chi connectivity index (χ4v) is 3.69. The van der Waals surface area contributed by atoms with Gasteiger partial charge in [-0.15, -0.1) is 0 Å². The van der Waals surface area contributed by atoms with Crippen molar-refractivity contribution in [2.45, 2.75) is 20.3 Å². The molecule has 2 N–H and O–H groups in total. The molecular formula is C24H24N6O. The van der Waals surface area contributed by atoms with Crippen molar-refractivity contribution in [2.75, 3.05) is 18.9 Å². The minimum absolute atomic E-state index is 0.113. The molecule has 7 nitrogen and oxygen atoms in total. The van der Waals surface area contributed by atoms with Crippen molar-refractivity contribution in [3.63, 3.8) is 0 Å². The topological polar surface area (TPSA) is 92.7 Å². The summed E-state index contributed by atoms with van der Waals surface area (Å²) >= 11 is 0. The normalized spacial score (nSPS) is 10.8. The molecule has 1 amide bonds. The van der Waals surface area contributed by atoms with E-state index in [2.05, 4.69) is 30.6 Å². The lowest BCUT2D eigenvalue weighted by Gasteiger charge is -2.11. The number of hydrogen-bond donors (Lipinski definition) is 2. The van der Waals surface area contributed by atoms with E-state index in [1.54, 1.807) is 25.6 Å². The van der Waals surface area contributed by atoms with Crippen LogP contribution in [0.1, 0.15) is 27.3 Å². The van der Waals surface area contributed by atoms with Gasteiger partial charge in [-0.2, -0.15) is 0 Å². The number of hydrogen-bond acceptors (Lipinski definition) is 6. The number of nitrogens with one attached hydrogen (secondary N) is 2. The summed E-state index contributed by atoms with van der Waals surface area (Å²) in [6.45, 7) is 4.63. The maximum absolute atomic E-state index is 12.2. The molecule has 0 atom stereocenters. The zero-order valence-corrected chi connectivity index (χ0v) is 17.8. The van der Waals surface area contributed by atoms with Crippen LogP contribution in [-0.4, -0.2) is 39.4 Å². The number of carbonyl (C=O) groups excluding carboxylic acids is 1. The van der Waals surface area contributed by atoms with Crippen LogP contribution in [0.25, 0.3) is 22.2 Å². The Bertz CT molecular complexity index is 1230. The van der Waals surface area contributed by atoms with Crippen molar-refractivity contribution in [3.8, 4) is 11.3 Å². The monoisotopic (exact) mass is 412 g/mol. The summed E-state index contributed by atoms with van der Waals surface area (Å²) in [4.78, 5) is 29.8. The largest absolute Gasteiger partial charge is 0.370 e. The second kappa shape index (κ2) is 8.87. The summed E-state index contributed by atoms with van der Waals surface area (Å²) in [5.74, 6) is 0.647. The van der Waals surface area contributed by atoms with Crippen LogP contribution < -0.4 is 10.6 Å². The minimum atomic E-state index is -0.113. The average molecular weight is 412 g/mol. The molecule has 0 aliphatic carbocycles. The number of aromatic nitrogens is 4. The molecule has 0 saturated carbocycles. The van der Waals surface area contributed by atoms with Crippen molar-refractivity contribution in [1.29, 1.82) is 0 Å². The van der Waals surface area contributed by atoms with Gasteiger partial charge in [0, 0.05) is 48.2 Å². The Hall–Kier alpha value is -3.87. The first-order valence-electron chi connectivity index (χ1n) is 10.2. The molecule has 0 bridgehead atoms. The van der Waals surface area contributed by atoms with Gasteiger partial charge in [-0.25, -0.2) is 9.97 Å². The summed E-state index contributed by atoms with van der Waals surface area (Å²) in [5.41, 5.74) is 6.35. The van der Waals surface area contributed by atoms with Crippen LogP contribution in [0.3, 0.4) is 0 Å². The van der Waals surface area contributed by atoms with Crippen molar-refractivity contribution in [1.82, 2.24) is 25.3 Å². The first kappa shape index (κ1) is 20.4. The van der Waals surface area contributed by atoms with Crippen LogP contribution in [0.15, 0.2) is 55.0 Å². The highest BCUT2D eigenvalue weighted by molar-refractivity contribution is 6.06. The second-order valence-electron chi connectivity index (χ2n) is 7.35. The van der Waals surface area contributed by atoms with Crippen LogP contribution >= 0.6 is 0 Å². The van der Waals surface area contributed by atoms with Crippen LogP contribution in [0.4, 0.5) is 5.82 Å². The van der Waals surface area contributed by atoms with Gasteiger partial charge in [0.2, 0.25) is 0 Å². The molecule has 156 valence electrons. The third-order valence-electron chi connectivity index (χ3n) is 5.07. The lowest BCUT2D eigenvalue weighted by molar-refractivity contribution is 0.0964. The standard InChI is InChI=1S/C24H24N6O/c1-15-11-18(12-16(2)30-15)21-13-22(29-14-28-21)26-9-7-17-5-4-6-19-20(24(31)25-3)8-10-27-23(17)19/h4-6,8,10-14H,7,9H2,1-3H3,(H,25,31)(H,26,28,29). The zero-order valence-electron chi connectivity index (χ0n) is 17.8. The van der Waals surface area contributed by atoms with E-state index in [9.17, 15) is 4.79 Å². The number of pyridine rings is 2. The van der Waals surface area contributed by atoms with Crippen molar-refractivity contribution < 1.29 is 4.79 Å². The number of carbonyl (C=O) groups is 1. The molecule has 3 heterocycles. The summed E-state index contributed by atoms with van der Waals surface area (Å²) in [5, 5.41) is 6.91. The van der Waals surface area contributed by atoms with Crippen LogP contribution in [0, 0.1) is 13.8 Å². The number of benzene rings is 1. The molecule has 7 heteroatoms. The van der Waals surface area contributed by atoms with Crippen molar-refractivity contribution in [3.05, 3.63) is 77.5 Å². The molecule has 4 aromatic rings. The van der Waals surface area contributed by atoms with Crippen LogP contribution in [0.5, 0.6) is 0 Å². The first-order chi connectivity index (χ1) is 15.0. The molecule has 0 unspecified atom stereocenters. The Morgan fingerprint density at radius 3 is 2.58 bits per heavy atom. The highest BCUT2D eigenvalue weighted by atomic mass is 16.1. The number of amides is 1. The summed E-state index contributed by atoms with van der Waals surface area (Å²) in [7, 11) is 1.63. The lowest BCUT2D eigenvalue weighted by atomic mass is 10.0. The zero-order chi connectivity index (χ0) is 21.8. The molecule has 31 heavy (non-hydrogen) atoms. The smallest absolute Gasteiger partial charge is 0.251 e. The van der Waals surface area contributed by atoms with Gasteiger partial charge < -0.3 is 10.6 Å². The number of nitrogens with zero attached hydrogens (tertiary/aromatic N) is 4. The van der Waals surface area contributed by atoms with Gasteiger partial charge in [0.05, 0.1) is 16.8 Å². The molecule has 0 spiro atoms. The molecule has 0 aliphatic heterocycles. The van der Waals surface area contributed by atoms with Crippen LogP contribution in [-0.2, 0) is 6.42 Å². The van der Waals surface area contributed by atoms with E-state index < -0.39 is 0 Å². The number of aryl methyl sites for hydroxylation is 2. The Kier molecular flexibility index (Phi) is 5.84. The van der Waals surface area contributed by atoms with E-state index in [-0.39, 0.29) is 5.91 Å². The highest BCUT2D eigenvalue weighted by Crippen LogP contribution is 2.22. The SMILES string of the molecule is CNC(=O)c1ccnc2c(CCNc3cc(-c4cc(C)nc(C)c4)ncn3)cccc12. The van der Waals surface area contributed by atoms with E-state index in [0.717, 1.165) is 51.4 Å². The van der Waals surface area contributed by atoms with Gasteiger partial charge in [0.1, 0.15) is 12.1 Å². The average Bonchev–Trinajstić information content (AvgIpc) is 2.78. The Labute approximate surface area is 181 Å². The second-order valence-corrected chi connectivity index (χ2v) is 7.35. The van der Waals surface area contributed by atoms with Crippen molar-refractivity contribution in [2.24, 2.45) is 0 Å². The van der Waals surface area contributed by atoms with Gasteiger partial charge >= 0.3 is 0 Å². The molecule has 4 rings (SSSR count). The predicted molar refractivity (Wildman–Crippen MR) is 122 cm³/mol. The highest BCUT2D eigenvalue weighted by Gasteiger charge is 2.11. The molecule has 3 aromatic heterocycles. The molecular weight excluding hydrogens is 388 g/mol. The van der Waals surface area contributed by atoms with Gasteiger partial charge in [0.25, 0.3) is 5.91 Å². The number of rotatable bonds is 6. The minimum Gasteiger partial charge on any atom is -0.370 e. The number of para-hydroxylation sites is 1. The van der Waals surface area contributed by atoms with Gasteiger partial charge in [-0.3, -0.25) is 14.8 Å². The van der Waals surface area contributed by atoms with Gasteiger partial charge in [-0.05, 0) is 44.0 Å². The first-order valence-corrected chi connectivity index (χ1v) is 10.2. The third kappa shape index (κ3) is 4.50. The van der Waals surface area contributed by atoms with Gasteiger partial charge in [0.15, 0.2) is 0 Å². The molecule has 0 saturated heterocycles. The summed E-state index contributed by atoms with van der Waals surface area (Å²) < 4.78 is 0. The lowest BCUT2D eigenvalue weighted by Crippen LogP contribution is -2.18. The van der Waals surface area contributed by atoms with E-state index >= 15 is 0 Å². The van der Waals surface area contributed by atoms with Crippen LogP contribution in [0.2, 0.25) is 0 Å². The van der Waals surface area contributed by atoms with Gasteiger partial charge in [-0.1, -0.05) is 18.2 Å². The molecule has 1 aromatic carbocycles.